The molecule has 0 saturated heterocycles. The van der Waals surface area contributed by atoms with E-state index in [4.69, 9.17) is 9.84 Å². The maximum Gasteiger partial charge on any atom is 0.358 e. The molecule has 0 radical (unpaired) electrons. The average Bonchev–Trinajstić information content (AvgIpc) is 2.82. The van der Waals surface area contributed by atoms with Gasteiger partial charge in [-0.2, -0.15) is 11.3 Å². The zero-order valence-electron chi connectivity index (χ0n) is 9.00. The highest BCUT2D eigenvalue weighted by molar-refractivity contribution is 7.07. The van der Waals surface area contributed by atoms with Crippen LogP contribution in [0.4, 0.5) is 0 Å². The van der Waals surface area contributed by atoms with Gasteiger partial charge in [0.15, 0.2) is 11.4 Å². The molecule has 0 aliphatic rings. The summed E-state index contributed by atoms with van der Waals surface area (Å²) in [6.07, 6.45) is 2.20. The lowest BCUT2D eigenvalue weighted by Crippen LogP contribution is -2.07. The van der Waals surface area contributed by atoms with Crippen molar-refractivity contribution in [1.29, 1.82) is 0 Å². The van der Waals surface area contributed by atoms with Crippen molar-refractivity contribution in [2.75, 3.05) is 6.61 Å². The minimum Gasteiger partial charge on any atom is -0.491 e. The van der Waals surface area contributed by atoms with Crippen molar-refractivity contribution in [3.8, 4) is 5.75 Å². The molecule has 4 nitrogen and oxygen atoms in total. The van der Waals surface area contributed by atoms with Crippen LogP contribution < -0.4 is 4.74 Å². The van der Waals surface area contributed by atoms with E-state index >= 15 is 0 Å². The topological polar surface area (TPSA) is 59.4 Å². The van der Waals surface area contributed by atoms with E-state index in [1.54, 1.807) is 23.5 Å². The molecule has 0 atom stereocenters. The Morgan fingerprint density at radius 1 is 1.47 bits per heavy atom. The van der Waals surface area contributed by atoms with Gasteiger partial charge in [0.2, 0.25) is 0 Å². The molecule has 88 valence electrons. The van der Waals surface area contributed by atoms with E-state index in [2.05, 4.69) is 4.98 Å². The van der Waals surface area contributed by atoms with E-state index in [1.165, 1.54) is 11.8 Å². The van der Waals surface area contributed by atoms with Gasteiger partial charge in [-0.3, -0.25) is 0 Å². The van der Waals surface area contributed by atoms with Gasteiger partial charge < -0.3 is 9.84 Å². The molecule has 0 unspecified atom stereocenters. The van der Waals surface area contributed by atoms with Crippen LogP contribution in [0.2, 0.25) is 0 Å². The Morgan fingerprint density at radius 3 is 3.06 bits per heavy atom. The van der Waals surface area contributed by atoms with Gasteiger partial charge in [-0.15, -0.1) is 0 Å². The van der Waals surface area contributed by atoms with Crippen LogP contribution in [0, 0.1) is 0 Å². The number of hydrogen-bond acceptors (Lipinski definition) is 4. The van der Waals surface area contributed by atoms with Gasteiger partial charge in [0.25, 0.3) is 0 Å². The molecule has 2 aromatic heterocycles. The molecule has 0 saturated carbocycles. The molecular weight excluding hydrogens is 238 g/mol. The number of thiophene rings is 1. The van der Waals surface area contributed by atoms with Crippen molar-refractivity contribution in [2.24, 2.45) is 0 Å². The highest BCUT2D eigenvalue weighted by atomic mass is 32.1. The number of ether oxygens (including phenoxy) is 1. The molecule has 17 heavy (non-hydrogen) atoms. The maximum absolute atomic E-state index is 10.9. The number of carbonyl (C=O) groups is 1. The molecule has 0 fully saturated rings. The number of carboxylic acid groups (broad SMARTS) is 1. The summed E-state index contributed by atoms with van der Waals surface area (Å²) < 4.78 is 5.43. The predicted octanol–water partition coefficient (Wildman–Crippen LogP) is 2.46. The minimum atomic E-state index is -1.07. The Hall–Kier alpha value is -1.88. The number of nitrogens with zero attached hydrogens (tertiary/aromatic N) is 1. The second kappa shape index (κ2) is 5.45. The van der Waals surface area contributed by atoms with Crippen LogP contribution in [0.1, 0.15) is 16.1 Å². The molecule has 5 heteroatoms. The summed E-state index contributed by atoms with van der Waals surface area (Å²) in [6.45, 7) is 0.447. The van der Waals surface area contributed by atoms with Crippen molar-refractivity contribution < 1.29 is 14.6 Å². The summed E-state index contributed by atoms with van der Waals surface area (Å²) in [5, 5.41) is 13.0. The third-order valence-electron chi connectivity index (χ3n) is 2.20. The molecule has 0 aromatic carbocycles. The fourth-order valence-corrected chi connectivity index (χ4v) is 2.08. The summed E-state index contributed by atoms with van der Waals surface area (Å²) >= 11 is 1.63. The lowest BCUT2D eigenvalue weighted by molar-refractivity contribution is 0.0685. The first kappa shape index (κ1) is 11.6. The number of carboxylic acids is 1. The van der Waals surface area contributed by atoms with Crippen molar-refractivity contribution in [3.63, 3.8) is 0 Å². The average molecular weight is 249 g/mol. The smallest absolute Gasteiger partial charge is 0.358 e. The normalized spacial score (nSPS) is 10.1. The molecule has 1 N–H and O–H groups in total. The second-order valence-corrected chi connectivity index (χ2v) is 4.17. The summed E-state index contributed by atoms with van der Waals surface area (Å²) in [5.41, 5.74) is 1.15. The van der Waals surface area contributed by atoms with Crippen LogP contribution in [-0.4, -0.2) is 22.7 Å². The first-order valence-corrected chi connectivity index (χ1v) is 6.04. The van der Waals surface area contributed by atoms with E-state index < -0.39 is 5.97 Å². The maximum atomic E-state index is 10.9. The molecule has 0 amide bonds. The summed E-state index contributed by atoms with van der Waals surface area (Å²) in [5.74, 6) is -0.758. The van der Waals surface area contributed by atoms with E-state index in [9.17, 15) is 4.79 Å². The Morgan fingerprint density at radius 2 is 2.35 bits per heavy atom. The summed E-state index contributed by atoms with van der Waals surface area (Å²) in [6, 6.07) is 5.30. The number of aromatic nitrogens is 1. The molecule has 2 aromatic rings. The second-order valence-electron chi connectivity index (χ2n) is 3.39. The van der Waals surface area contributed by atoms with Crippen molar-refractivity contribution in [3.05, 3.63) is 46.4 Å². The molecule has 0 aliphatic heterocycles. The van der Waals surface area contributed by atoms with Crippen LogP contribution in [0.5, 0.6) is 5.75 Å². The monoisotopic (exact) mass is 249 g/mol. The van der Waals surface area contributed by atoms with Gasteiger partial charge in [-0.25, -0.2) is 9.78 Å². The Labute approximate surface area is 103 Å². The van der Waals surface area contributed by atoms with Crippen molar-refractivity contribution >= 4 is 17.3 Å². The highest BCUT2D eigenvalue weighted by Crippen LogP contribution is 2.15. The van der Waals surface area contributed by atoms with Gasteiger partial charge in [0, 0.05) is 12.6 Å². The third kappa shape index (κ3) is 3.04. The minimum absolute atomic E-state index is 0.0437. The molecule has 2 rings (SSSR count). The van der Waals surface area contributed by atoms with Gasteiger partial charge in [0.1, 0.15) is 0 Å². The van der Waals surface area contributed by atoms with E-state index in [1.807, 2.05) is 16.8 Å². The summed E-state index contributed by atoms with van der Waals surface area (Å²) in [7, 11) is 0. The van der Waals surface area contributed by atoms with E-state index in [0.29, 0.717) is 12.4 Å². The molecule has 0 aliphatic carbocycles. The van der Waals surface area contributed by atoms with E-state index in [-0.39, 0.29) is 5.69 Å². The number of aromatic carboxylic acids is 1. The summed E-state index contributed by atoms with van der Waals surface area (Å²) in [4.78, 5) is 14.6. The van der Waals surface area contributed by atoms with Crippen LogP contribution in [0.25, 0.3) is 0 Å². The van der Waals surface area contributed by atoms with Gasteiger partial charge >= 0.3 is 5.97 Å². The Balaban J connectivity index is 1.97. The highest BCUT2D eigenvalue weighted by Gasteiger charge is 2.11. The molecule has 0 bridgehead atoms. The van der Waals surface area contributed by atoms with E-state index in [0.717, 1.165) is 6.42 Å². The molecule has 2 heterocycles. The number of rotatable bonds is 5. The largest absolute Gasteiger partial charge is 0.491 e. The van der Waals surface area contributed by atoms with Gasteiger partial charge in [-0.1, -0.05) is 0 Å². The van der Waals surface area contributed by atoms with Gasteiger partial charge in [0.05, 0.1) is 6.61 Å². The van der Waals surface area contributed by atoms with Crippen LogP contribution in [-0.2, 0) is 6.42 Å². The Kier molecular flexibility index (Phi) is 3.72. The van der Waals surface area contributed by atoms with Crippen molar-refractivity contribution in [1.82, 2.24) is 4.98 Å². The predicted molar refractivity (Wildman–Crippen MR) is 64.7 cm³/mol. The van der Waals surface area contributed by atoms with Crippen LogP contribution in [0.15, 0.2) is 35.2 Å². The number of hydrogen-bond donors (Lipinski definition) is 1. The van der Waals surface area contributed by atoms with Gasteiger partial charge in [-0.05, 0) is 34.5 Å². The fraction of sp³-hybridized carbons (Fsp3) is 0.167. The molecule has 0 spiro atoms. The Bertz CT molecular complexity index is 496. The lowest BCUT2D eigenvalue weighted by Gasteiger charge is -2.07. The van der Waals surface area contributed by atoms with Crippen LogP contribution in [0.3, 0.4) is 0 Å². The first-order chi connectivity index (χ1) is 8.27. The quantitative estimate of drug-likeness (QED) is 0.884. The van der Waals surface area contributed by atoms with Crippen LogP contribution >= 0.6 is 11.3 Å². The zero-order chi connectivity index (χ0) is 12.1. The third-order valence-corrected chi connectivity index (χ3v) is 2.93. The lowest BCUT2D eigenvalue weighted by atomic mass is 10.2. The number of pyridine rings is 1. The SMILES string of the molecule is O=C(O)c1ncccc1OCCc1ccsc1. The zero-order valence-corrected chi connectivity index (χ0v) is 9.81. The molecular formula is C12H11NO3S. The fourth-order valence-electron chi connectivity index (χ4n) is 1.38. The standard InChI is InChI=1S/C12H11NO3S/c14-12(15)11-10(2-1-5-13-11)16-6-3-9-4-7-17-8-9/h1-2,4-5,7-8H,3,6H2,(H,14,15). The first-order valence-electron chi connectivity index (χ1n) is 5.09. The van der Waals surface area contributed by atoms with Crippen molar-refractivity contribution in [2.45, 2.75) is 6.42 Å².